The molecule has 0 aromatic heterocycles. The van der Waals surface area contributed by atoms with Gasteiger partial charge in [-0.3, -0.25) is 4.79 Å². The van der Waals surface area contributed by atoms with E-state index in [1.54, 1.807) is 0 Å². The average molecular weight is 523 g/mol. The molecule has 5 atom stereocenters. The van der Waals surface area contributed by atoms with E-state index in [1.807, 2.05) is 32.1 Å². The highest BCUT2D eigenvalue weighted by Gasteiger charge is 2.63. The second kappa shape index (κ2) is 13.7. The molecule has 0 unspecified atom stereocenters. The Morgan fingerprint density at radius 3 is 2.82 bits per heavy atom. The van der Waals surface area contributed by atoms with Gasteiger partial charge in [0.1, 0.15) is 12.9 Å². The van der Waals surface area contributed by atoms with E-state index < -0.39 is 17.1 Å². The molecule has 0 aromatic carbocycles. The predicted molar refractivity (Wildman–Crippen MR) is 152 cm³/mol. The lowest BCUT2D eigenvalue weighted by atomic mass is 9.52. The van der Waals surface area contributed by atoms with Crippen molar-refractivity contribution in [2.24, 2.45) is 17.3 Å². The van der Waals surface area contributed by atoms with Crippen molar-refractivity contribution in [3.63, 3.8) is 0 Å². The van der Waals surface area contributed by atoms with E-state index in [2.05, 4.69) is 31.4 Å². The van der Waals surface area contributed by atoms with Crippen LogP contribution < -0.4 is 0 Å². The van der Waals surface area contributed by atoms with Gasteiger partial charge in [0.05, 0.1) is 18.3 Å². The number of rotatable bonds is 5. The topological polar surface area (TPSA) is 87.0 Å². The van der Waals surface area contributed by atoms with Crippen molar-refractivity contribution < 1.29 is 24.9 Å². The monoisotopic (exact) mass is 522 g/mol. The van der Waals surface area contributed by atoms with Crippen LogP contribution in [0.5, 0.6) is 0 Å². The highest BCUT2D eigenvalue weighted by molar-refractivity contribution is 5.74. The normalized spacial score (nSPS) is 38.1. The van der Waals surface area contributed by atoms with Crippen LogP contribution in [-0.2, 0) is 9.53 Å². The van der Waals surface area contributed by atoms with Crippen molar-refractivity contribution in [1.82, 2.24) is 0 Å². The third-order valence-corrected chi connectivity index (χ3v) is 9.05. The molecule has 3 rings (SSSR count). The summed E-state index contributed by atoms with van der Waals surface area (Å²) in [6.45, 7) is 10.6. The number of hydrogen-bond donors (Lipinski definition) is 3. The standard InChI is InChI=1S/C33H46O5/c1-24-10-5-6-21-38-23-27(14-8-13-25(2)12-7-11-24)29-17-19-33(31(29)36)30(15-9-20-34)28(26(3)22-35)16-18-32(33,4)37/h8,11,13-14,22,29-31,34,36-37H,2,7,9-10,12,15-21,23H2,1,3-4H3/b13-8+,24-11-,27-14+,28-26+/t29-,30-,31-,32-,33-/m1/s1. The van der Waals surface area contributed by atoms with Crippen molar-refractivity contribution in [3.8, 4) is 11.8 Å². The third-order valence-electron chi connectivity index (χ3n) is 9.05. The van der Waals surface area contributed by atoms with Crippen LogP contribution in [0, 0.1) is 29.1 Å². The molecule has 38 heavy (non-hydrogen) atoms. The van der Waals surface area contributed by atoms with Gasteiger partial charge in [-0.2, -0.15) is 0 Å². The zero-order chi connectivity index (χ0) is 27.8. The maximum absolute atomic E-state index is 12.1. The molecule has 2 aliphatic carbocycles. The molecule has 0 radical (unpaired) electrons. The van der Waals surface area contributed by atoms with Crippen molar-refractivity contribution in [2.75, 3.05) is 19.8 Å². The zero-order valence-corrected chi connectivity index (χ0v) is 23.5. The van der Waals surface area contributed by atoms with Crippen LogP contribution in [0.1, 0.15) is 78.6 Å². The first-order chi connectivity index (χ1) is 18.2. The van der Waals surface area contributed by atoms with Gasteiger partial charge >= 0.3 is 0 Å². The summed E-state index contributed by atoms with van der Waals surface area (Å²) in [5.41, 5.74) is 3.05. The van der Waals surface area contributed by atoms with Crippen LogP contribution in [0.25, 0.3) is 0 Å². The number of carbonyl (C=O) groups excluding carboxylic acids is 1. The molecule has 0 saturated heterocycles. The van der Waals surface area contributed by atoms with Crippen molar-refractivity contribution in [3.05, 3.63) is 58.7 Å². The quantitative estimate of drug-likeness (QED) is 0.195. The summed E-state index contributed by atoms with van der Waals surface area (Å²) in [4.78, 5) is 11.8. The fourth-order valence-electron chi connectivity index (χ4n) is 6.88. The predicted octanol–water partition coefficient (Wildman–Crippen LogP) is 5.38. The summed E-state index contributed by atoms with van der Waals surface area (Å²) in [5.74, 6) is 5.90. The maximum Gasteiger partial charge on any atom is 0.145 e. The van der Waals surface area contributed by atoms with E-state index >= 15 is 0 Å². The first-order valence-electron chi connectivity index (χ1n) is 14.1. The van der Waals surface area contributed by atoms with Gasteiger partial charge in [0.2, 0.25) is 0 Å². The van der Waals surface area contributed by atoms with Gasteiger partial charge in [0, 0.05) is 24.4 Å². The van der Waals surface area contributed by atoms with Crippen LogP contribution in [0.15, 0.2) is 58.7 Å². The Bertz CT molecular complexity index is 1050. The molecule has 2 fully saturated rings. The summed E-state index contributed by atoms with van der Waals surface area (Å²) in [5, 5.41) is 33.5. The van der Waals surface area contributed by atoms with Gasteiger partial charge in [0.15, 0.2) is 0 Å². The summed E-state index contributed by atoms with van der Waals surface area (Å²) < 4.78 is 5.96. The molecule has 1 aliphatic heterocycles. The minimum Gasteiger partial charge on any atom is -0.396 e. The number of carbonyl (C=O) groups is 1. The Hall–Kier alpha value is -2.23. The Kier molecular flexibility index (Phi) is 10.9. The molecule has 1 heterocycles. The number of aliphatic hydroxyl groups excluding tert-OH is 2. The van der Waals surface area contributed by atoms with Crippen LogP contribution >= 0.6 is 0 Å². The third kappa shape index (κ3) is 6.66. The van der Waals surface area contributed by atoms with Crippen molar-refractivity contribution in [2.45, 2.75) is 90.3 Å². The number of aldehydes is 1. The first-order valence-corrected chi connectivity index (χ1v) is 14.1. The molecule has 0 amide bonds. The Labute approximate surface area is 229 Å². The van der Waals surface area contributed by atoms with Crippen molar-refractivity contribution in [1.29, 1.82) is 0 Å². The van der Waals surface area contributed by atoms with Crippen molar-refractivity contribution >= 4 is 6.29 Å². The second-order valence-electron chi connectivity index (χ2n) is 11.5. The molecule has 3 aliphatic rings. The molecule has 208 valence electrons. The Balaban J connectivity index is 1.96. The lowest BCUT2D eigenvalue weighted by molar-refractivity contribution is -0.167. The molecule has 3 N–H and O–H groups in total. The van der Waals surface area contributed by atoms with E-state index in [1.165, 1.54) is 5.57 Å². The maximum atomic E-state index is 12.1. The lowest BCUT2D eigenvalue weighted by Crippen LogP contribution is -2.59. The van der Waals surface area contributed by atoms with Crippen LogP contribution in [0.2, 0.25) is 0 Å². The van der Waals surface area contributed by atoms with Gasteiger partial charge < -0.3 is 20.1 Å². The highest BCUT2D eigenvalue weighted by Crippen LogP contribution is 2.62. The zero-order valence-electron chi connectivity index (χ0n) is 23.5. The van der Waals surface area contributed by atoms with E-state index in [0.29, 0.717) is 57.3 Å². The Morgan fingerprint density at radius 1 is 1.29 bits per heavy atom. The molecule has 0 bridgehead atoms. The molecule has 2 saturated carbocycles. The van der Waals surface area contributed by atoms with Gasteiger partial charge in [-0.15, -0.1) is 0 Å². The van der Waals surface area contributed by atoms with Crippen LogP contribution in [-0.4, -0.2) is 53.1 Å². The van der Waals surface area contributed by atoms with E-state index in [4.69, 9.17) is 4.74 Å². The fourth-order valence-corrected chi connectivity index (χ4v) is 6.88. The van der Waals surface area contributed by atoms with E-state index in [9.17, 15) is 20.1 Å². The molecular formula is C33H46O5. The fraction of sp³-hybridized carbons (Fsp3) is 0.606. The first kappa shape index (κ1) is 30.3. The summed E-state index contributed by atoms with van der Waals surface area (Å²) >= 11 is 0. The lowest BCUT2D eigenvalue weighted by Gasteiger charge is -2.55. The van der Waals surface area contributed by atoms with Gasteiger partial charge in [-0.25, -0.2) is 0 Å². The van der Waals surface area contributed by atoms with Gasteiger partial charge in [0.25, 0.3) is 0 Å². The minimum atomic E-state index is -1.10. The number of aliphatic hydroxyl groups is 3. The smallest absolute Gasteiger partial charge is 0.145 e. The summed E-state index contributed by atoms with van der Waals surface area (Å²) in [7, 11) is 0. The minimum absolute atomic E-state index is 0.0332. The SMILES string of the molecule is C=C1/C=C/C=C(/[C@H]2CC[C@@]3([C@H](CCCO)/C(=C(\C)C=O)CC[C@@]3(C)O)[C@@H]2O)COCC#CC/C(C)=C\CC1. The molecule has 0 aromatic rings. The largest absolute Gasteiger partial charge is 0.396 e. The second-order valence-corrected chi connectivity index (χ2v) is 11.5. The Morgan fingerprint density at radius 2 is 2.08 bits per heavy atom. The van der Waals surface area contributed by atoms with Crippen LogP contribution in [0.3, 0.4) is 0 Å². The highest BCUT2D eigenvalue weighted by atomic mass is 16.5. The molecule has 1 spiro atoms. The average Bonchev–Trinajstić information content (AvgIpc) is 3.22. The van der Waals surface area contributed by atoms with Crippen LogP contribution in [0.4, 0.5) is 0 Å². The van der Waals surface area contributed by atoms with E-state index in [0.717, 1.165) is 42.3 Å². The van der Waals surface area contributed by atoms with Gasteiger partial charge in [-0.1, -0.05) is 59.4 Å². The number of hydrogen-bond acceptors (Lipinski definition) is 5. The molecule has 5 nitrogen and oxygen atoms in total. The van der Waals surface area contributed by atoms with E-state index in [-0.39, 0.29) is 18.4 Å². The summed E-state index contributed by atoms with van der Waals surface area (Å²) in [6.07, 6.45) is 14.5. The molecular weight excluding hydrogens is 476 g/mol. The number of ether oxygens (including phenoxy) is 1. The van der Waals surface area contributed by atoms with Gasteiger partial charge in [-0.05, 0) is 89.2 Å². The molecule has 5 heteroatoms. The number of allylic oxidation sites excluding steroid dienone is 8. The summed E-state index contributed by atoms with van der Waals surface area (Å²) in [6, 6.07) is 0.